The van der Waals surface area contributed by atoms with Gasteiger partial charge in [-0.15, -0.1) is 0 Å². The fraction of sp³-hybridized carbons (Fsp3) is 0.0500. The maximum absolute atomic E-state index is 13.7. The van der Waals surface area contributed by atoms with E-state index >= 15 is 0 Å². The largest absolute Gasteiger partial charge is 0.319 e. The number of hydrogen-bond donors (Lipinski definition) is 0. The van der Waals surface area contributed by atoms with E-state index in [0.29, 0.717) is 0 Å². The van der Waals surface area contributed by atoms with Gasteiger partial charge >= 0.3 is 0 Å². The lowest BCUT2D eigenvalue weighted by Gasteiger charge is -2.18. The standard InChI is InChI=1S/C40H27OP/c1-42(2,41)32-22-30(33-17-13-28-11-9-24-5-3-7-26-15-19-35(33)39(28)37(24)26)21-31(23-32)34-18-14-29-12-10-25-6-4-8-27-16-20-36(34)40(29)38(25)27/h3-23H,1-2H3. The molecule has 0 saturated carbocycles. The van der Waals surface area contributed by atoms with Crippen molar-refractivity contribution in [2.75, 3.05) is 13.3 Å². The molecule has 0 aliphatic heterocycles. The minimum Gasteiger partial charge on any atom is -0.319 e. The van der Waals surface area contributed by atoms with Crippen LogP contribution in [0.4, 0.5) is 0 Å². The zero-order valence-corrected chi connectivity index (χ0v) is 24.4. The van der Waals surface area contributed by atoms with E-state index in [-0.39, 0.29) is 0 Å². The predicted octanol–water partition coefficient (Wildman–Crippen LogP) is 11.1. The van der Waals surface area contributed by atoms with Crippen molar-refractivity contribution >= 4 is 77.1 Å². The van der Waals surface area contributed by atoms with Crippen molar-refractivity contribution in [1.82, 2.24) is 0 Å². The van der Waals surface area contributed by atoms with Gasteiger partial charge in [-0.05, 0) is 118 Å². The Balaban J connectivity index is 1.36. The SMILES string of the molecule is CP(C)(=O)c1cc(-c2ccc3ccc4cccc5ccc2c3c45)cc(-c2ccc3ccc4cccc5ccc2c3c45)c1. The van der Waals surface area contributed by atoms with Crippen LogP contribution in [0.25, 0.3) is 86.9 Å². The highest BCUT2D eigenvalue weighted by Crippen LogP contribution is 2.44. The normalized spacial score (nSPS) is 12.6. The summed E-state index contributed by atoms with van der Waals surface area (Å²) in [5.74, 6) is 0. The average molecular weight is 555 g/mol. The van der Waals surface area contributed by atoms with Crippen molar-refractivity contribution in [1.29, 1.82) is 0 Å². The first kappa shape index (κ1) is 23.9. The van der Waals surface area contributed by atoms with E-state index in [1.807, 2.05) is 13.3 Å². The van der Waals surface area contributed by atoms with E-state index in [4.69, 9.17) is 0 Å². The molecule has 198 valence electrons. The van der Waals surface area contributed by atoms with Crippen molar-refractivity contribution in [3.8, 4) is 22.3 Å². The van der Waals surface area contributed by atoms with Gasteiger partial charge in [0, 0.05) is 5.30 Å². The van der Waals surface area contributed by atoms with Gasteiger partial charge in [-0.1, -0.05) is 109 Å². The van der Waals surface area contributed by atoms with Gasteiger partial charge < -0.3 is 4.57 Å². The van der Waals surface area contributed by atoms with Gasteiger partial charge in [0.1, 0.15) is 7.14 Å². The Morgan fingerprint density at radius 3 is 1.17 bits per heavy atom. The fourth-order valence-corrected chi connectivity index (χ4v) is 8.11. The minimum absolute atomic E-state index is 0.909. The van der Waals surface area contributed by atoms with Crippen LogP contribution >= 0.6 is 7.14 Å². The Labute approximate surface area is 244 Å². The van der Waals surface area contributed by atoms with Crippen LogP contribution in [0.15, 0.2) is 127 Å². The molecule has 0 aliphatic rings. The molecule has 0 bridgehead atoms. The van der Waals surface area contributed by atoms with Crippen molar-refractivity contribution in [2.45, 2.75) is 0 Å². The predicted molar refractivity (Wildman–Crippen MR) is 184 cm³/mol. The second-order valence-corrected chi connectivity index (χ2v) is 15.3. The van der Waals surface area contributed by atoms with Crippen LogP contribution in [-0.4, -0.2) is 13.3 Å². The molecule has 0 atom stereocenters. The summed E-state index contributed by atoms with van der Waals surface area (Å²) in [7, 11) is -2.55. The molecule has 9 rings (SSSR count). The summed E-state index contributed by atoms with van der Waals surface area (Å²) in [5.41, 5.74) is 4.56. The lowest BCUT2D eigenvalue weighted by atomic mass is 9.87. The summed E-state index contributed by atoms with van der Waals surface area (Å²) in [6.45, 7) is 3.76. The molecule has 0 N–H and O–H groups in total. The molecule has 0 fully saturated rings. The van der Waals surface area contributed by atoms with Crippen LogP contribution in [0.2, 0.25) is 0 Å². The molecule has 0 unspecified atom stereocenters. The molecule has 1 nitrogen and oxygen atoms in total. The van der Waals surface area contributed by atoms with E-state index < -0.39 is 7.14 Å². The monoisotopic (exact) mass is 554 g/mol. The topological polar surface area (TPSA) is 17.1 Å². The summed E-state index contributed by atoms with van der Waals surface area (Å²) in [6, 6.07) is 46.6. The van der Waals surface area contributed by atoms with Gasteiger partial charge in [-0.2, -0.15) is 0 Å². The summed E-state index contributed by atoms with van der Waals surface area (Å²) >= 11 is 0. The van der Waals surface area contributed by atoms with Crippen molar-refractivity contribution < 1.29 is 4.57 Å². The highest BCUT2D eigenvalue weighted by Gasteiger charge is 2.19. The van der Waals surface area contributed by atoms with Gasteiger partial charge in [0.2, 0.25) is 0 Å². The third-order valence-electron chi connectivity index (χ3n) is 9.22. The minimum atomic E-state index is -2.55. The van der Waals surface area contributed by atoms with E-state index in [2.05, 4.69) is 127 Å². The Morgan fingerprint density at radius 2 is 0.762 bits per heavy atom. The van der Waals surface area contributed by atoms with Crippen LogP contribution in [0.5, 0.6) is 0 Å². The second-order valence-electron chi connectivity index (χ2n) is 12.1. The Hall–Kier alpha value is -4.71. The van der Waals surface area contributed by atoms with Crippen LogP contribution in [0, 0.1) is 0 Å². The van der Waals surface area contributed by atoms with Crippen molar-refractivity contribution in [2.24, 2.45) is 0 Å². The molecule has 0 heterocycles. The van der Waals surface area contributed by atoms with Gasteiger partial charge in [-0.3, -0.25) is 0 Å². The summed E-state index contributed by atoms with van der Waals surface area (Å²) in [5, 5.41) is 16.1. The highest BCUT2D eigenvalue weighted by atomic mass is 31.2. The molecule has 0 amide bonds. The fourth-order valence-electron chi connectivity index (χ4n) is 7.21. The molecule has 0 aromatic heterocycles. The molecular weight excluding hydrogens is 527 g/mol. The van der Waals surface area contributed by atoms with Gasteiger partial charge in [0.25, 0.3) is 0 Å². The lowest BCUT2D eigenvalue weighted by molar-refractivity contribution is 0.588. The maximum Gasteiger partial charge on any atom is 0.109 e. The molecule has 9 aromatic rings. The van der Waals surface area contributed by atoms with Gasteiger partial charge in [0.15, 0.2) is 0 Å². The number of benzene rings is 9. The third kappa shape index (κ3) is 3.35. The molecule has 0 saturated heterocycles. The quantitative estimate of drug-likeness (QED) is 0.157. The Kier molecular flexibility index (Phi) is 4.80. The molecule has 0 radical (unpaired) electrons. The summed E-state index contributed by atoms with van der Waals surface area (Å²) in [4.78, 5) is 0. The van der Waals surface area contributed by atoms with Crippen LogP contribution in [-0.2, 0) is 4.57 Å². The number of rotatable bonds is 3. The van der Waals surface area contributed by atoms with Crippen LogP contribution in [0.3, 0.4) is 0 Å². The van der Waals surface area contributed by atoms with E-state index in [9.17, 15) is 4.57 Å². The first-order valence-electron chi connectivity index (χ1n) is 14.5. The first-order chi connectivity index (χ1) is 20.4. The molecular formula is C40H27OP. The number of hydrogen-bond acceptors (Lipinski definition) is 1. The second kappa shape index (κ2) is 8.41. The lowest BCUT2D eigenvalue weighted by Crippen LogP contribution is -2.04. The Morgan fingerprint density at radius 1 is 0.405 bits per heavy atom. The molecule has 0 spiro atoms. The molecule has 2 heteroatoms. The van der Waals surface area contributed by atoms with Crippen molar-refractivity contribution in [3.05, 3.63) is 127 Å². The molecule has 9 aromatic carbocycles. The van der Waals surface area contributed by atoms with Crippen molar-refractivity contribution in [3.63, 3.8) is 0 Å². The van der Waals surface area contributed by atoms with Crippen LogP contribution in [0.1, 0.15) is 0 Å². The highest BCUT2D eigenvalue weighted by molar-refractivity contribution is 7.70. The zero-order chi connectivity index (χ0) is 28.2. The zero-order valence-electron chi connectivity index (χ0n) is 23.5. The van der Waals surface area contributed by atoms with E-state index in [0.717, 1.165) is 16.4 Å². The summed E-state index contributed by atoms with van der Waals surface area (Å²) < 4.78 is 13.7. The maximum atomic E-state index is 13.7. The molecule has 0 aliphatic carbocycles. The smallest absolute Gasteiger partial charge is 0.109 e. The Bertz CT molecular complexity index is 2370. The van der Waals surface area contributed by atoms with E-state index in [1.165, 1.54) is 75.8 Å². The average Bonchev–Trinajstić information content (AvgIpc) is 3.01. The van der Waals surface area contributed by atoms with Gasteiger partial charge in [0.05, 0.1) is 0 Å². The van der Waals surface area contributed by atoms with Crippen LogP contribution < -0.4 is 5.30 Å². The third-order valence-corrected chi connectivity index (χ3v) is 10.7. The van der Waals surface area contributed by atoms with Gasteiger partial charge in [-0.25, -0.2) is 0 Å². The summed E-state index contributed by atoms with van der Waals surface area (Å²) in [6.07, 6.45) is 0. The molecule has 42 heavy (non-hydrogen) atoms. The first-order valence-corrected chi connectivity index (χ1v) is 17.1. The van der Waals surface area contributed by atoms with E-state index in [1.54, 1.807) is 0 Å².